The third-order valence-corrected chi connectivity index (χ3v) is 8.25. The van der Waals surface area contributed by atoms with Crippen LogP contribution in [0.15, 0.2) is 18.2 Å². The maximum atomic E-state index is 14.2. The van der Waals surface area contributed by atoms with Crippen LogP contribution in [-0.4, -0.2) is 58.1 Å². The lowest BCUT2D eigenvalue weighted by Crippen LogP contribution is -2.46. The minimum atomic E-state index is -1.01. The van der Waals surface area contributed by atoms with Gasteiger partial charge in [0.15, 0.2) is 23.4 Å². The molecule has 9 nitrogen and oxygen atoms in total. The number of ether oxygens (including phenoxy) is 4. The van der Waals surface area contributed by atoms with Crippen molar-refractivity contribution in [2.24, 2.45) is 0 Å². The van der Waals surface area contributed by atoms with Crippen molar-refractivity contribution in [3.05, 3.63) is 57.9 Å². The number of piperidine rings is 1. The van der Waals surface area contributed by atoms with Gasteiger partial charge in [-0.15, -0.1) is 0 Å². The number of benzene rings is 1. The second kappa shape index (κ2) is 13.1. The number of fused-ring (bicyclic) bond motifs is 8. The Balaban J connectivity index is 1.59. The summed E-state index contributed by atoms with van der Waals surface area (Å²) >= 11 is 0. The Bertz CT molecular complexity index is 1490. The third-order valence-electron chi connectivity index (χ3n) is 8.25. The summed E-state index contributed by atoms with van der Waals surface area (Å²) in [5.41, 5.74) is 2.87. The Morgan fingerprint density at radius 2 is 1.80 bits per heavy atom. The van der Waals surface area contributed by atoms with E-state index in [-0.39, 0.29) is 25.4 Å². The fourth-order valence-corrected chi connectivity index (χ4v) is 5.97. The van der Waals surface area contributed by atoms with Gasteiger partial charge in [0, 0.05) is 31.5 Å². The van der Waals surface area contributed by atoms with E-state index >= 15 is 0 Å². The van der Waals surface area contributed by atoms with Gasteiger partial charge < -0.3 is 23.8 Å². The zero-order valence-electron chi connectivity index (χ0n) is 26.7. The van der Waals surface area contributed by atoms with Crippen LogP contribution in [0.3, 0.4) is 0 Å². The summed E-state index contributed by atoms with van der Waals surface area (Å²) in [6.07, 6.45) is 2.70. The maximum absolute atomic E-state index is 14.2. The Hall–Kier alpha value is -3.15. The second-order valence-electron chi connectivity index (χ2n) is 13.0. The van der Waals surface area contributed by atoms with Gasteiger partial charge in [-0.25, -0.2) is 18.6 Å². The molecule has 0 spiro atoms. The minimum absolute atomic E-state index is 0.107. The number of hydrogen-bond acceptors (Lipinski definition) is 8. The molecule has 0 unspecified atom stereocenters. The Morgan fingerprint density at radius 1 is 1.09 bits per heavy atom. The van der Waals surface area contributed by atoms with E-state index in [1.807, 2.05) is 33.8 Å². The van der Waals surface area contributed by atoms with Crippen molar-refractivity contribution in [1.82, 2.24) is 14.6 Å². The van der Waals surface area contributed by atoms with E-state index in [0.29, 0.717) is 54.3 Å². The Kier molecular flexibility index (Phi) is 9.58. The van der Waals surface area contributed by atoms with Crippen molar-refractivity contribution in [2.45, 2.75) is 104 Å². The second-order valence-corrected chi connectivity index (χ2v) is 13.0. The molecular formula is C33H44F2N4O5. The molecule has 1 saturated heterocycles. The fourth-order valence-electron chi connectivity index (χ4n) is 5.97. The zero-order valence-corrected chi connectivity index (χ0v) is 26.7. The molecule has 0 saturated carbocycles. The normalized spacial score (nSPS) is 18.6. The summed E-state index contributed by atoms with van der Waals surface area (Å²) in [6.45, 7) is 13.9. The quantitative estimate of drug-likeness (QED) is 0.323. The molecule has 0 radical (unpaired) electrons. The van der Waals surface area contributed by atoms with Gasteiger partial charge in [0.2, 0.25) is 0 Å². The van der Waals surface area contributed by atoms with Gasteiger partial charge in [0.1, 0.15) is 5.82 Å². The molecule has 11 heteroatoms. The van der Waals surface area contributed by atoms with Crippen molar-refractivity contribution in [1.29, 1.82) is 0 Å². The summed E-state index contributed by atoms with van der Waals surface area (Å²) in [5, 5.41) is 4.88. The predicted octanol–water partition coefficient (Wildman–Crippen LogP) is 6.16. The number of aryl methyl sites for hydroxylation is 2. The lowest BCUT2D eigenvalue weighted by Gasteiger charge is -2.41. The highest BCUT2D eigenvalue weighted by Crippen LogP contribution is 2.38. The zero-order chi connectivity index (χ0) is 31.6. The Morgan fingerprint density at radius 3 is 2.48 bits per heavy atom. The average Bonchev–Trinajstić information content (AvgIpc) is 3.35. The number of aromatic nitrogens is 3. The summed E-state index contributed by atoms with van der Waals surface area (Å²) in [7, 11) is 0. The van der Waals surface area contributed by atoms with Crippen LogP contribution in [0.4, 0.5) is 14.6 Å². The van der Waals surface area contributed by atoms with Crippen molar-refractivity contribution in [3.63, 3.8) is 0 Å². The molecule has 2 aromatic heterocycles. The first-order valence-electron chi connectivity index (χ1n) is 15.5. The Labute approximate surface area is 257 Å². The van der Waals surface area contributed by atoms with Crippen molar-refractivity contribution >= 4 is 17.4 Å². The largest absolute Gasteiger partial charge is 0.464 e. The monoisotopic (exact) mass is 614 g/mol. The molecule has 4 bridgehead atoms. The standard InChI is InChI=1S/C33H44F2N4O5/c1-7-42-31(40)29(44-32(3,4)5)28-21(2)36-27-18-24-20-41-19-23-17-26(35)25(34)16-22(23)10-8-9-15-43-33(6)11-13-38(14-12-33)30(28)39(27)37-24/h16-18,29H,7-15,19-20H2,1-6H3/t29-/m0/s1. The van der Waals surface area contributed by atoms with E-state index in [0.717, 1.165) is 37.1 Å². The number of rotatable bonds is 4. The lowest BCUT2D eigenvalue weighted by atomic mass is 9.92. The van der Waals surface area contributed by atoms with Gasteiger partial charge in [-0.1, -0.05) is 0 Å². The molecule has 0 amide bonds. The first kappa shape index (κ1) is 32.2. The van der Waals surface area contributed by atoms with Gasteiger partial charge in [-0.05, 0) is 96.9 Å². The molecule has 3 aliphatic heterocycles. The molecule has 3 aliphatic rings. The van der Waals surface area contributed by atoms with Crippen LogP contribution in [0, 0.1) is 18.6 Å². The molecule has 0 N–H and O–H groups in total. The third kappa shape index (κ3) is 7.21. The highest BCUT2D eigenvalue weighted by molar-refractivity contribution is 5.80. The van der Waals surface area contributed by atoms with E-state index in [1.165, 1.54) is 12.1 Å². The number of anilines is 1. The number of carbonyl (C=O) groups excluding carboxylic acids is 1. The van der Waals surface area contributed by atoms with Crippen molar-refractivity contribution in [2.75, 3.05) is 31.2 Å². The van der Waals surface area contributed by atoms with Crippen LogP contribution in [0.1, 0.15) is 94.5 Å². The number of esters is 1. The van der Waals surface area contributed by atoms with Crippen molar-refractivity contribution < 1.29 is 32.5 Å². The molecule has 44 heavy (non-hydrogen) atoms. The summed E-state index contributed by atoms with van der Waals surface area (Å²) < 4.78 is 54.3. The SMILES string of the molecule is CCOC(=O)[C@@H](OC(C)(C)C)c1c(C)nc2cc3nn2c1N1CCC(C)(CC1)OCCCCc1cc(F)c(F)cc1COC3. The van der Waals surface area contributed by atoms with E-state index in [2.05, 4.69) is 11.8 Å². The number of carbonyl (C=O) groups is 1. The number of halogens is 2. The molecule has 0 aliphatic carbocycles. The molecule has 3 aromatic rings. The van der Waals surface area contributed by atoms with Crippen LogP contribution in [0.5, 0.6) is 0 Å². The molecule has 1 atom stereocenters. The van der Waals surface area contributed by atoms with Crippen LogP contribution in [-0.2, 0) is 43.4 Å². The van der Waals surface area contributed by atoms with Crippen LogP contribution >= 0.6 is 0 Å². The average molecular weight is 615 g/mol. The van der Waals surface area contributed by atoms with Crippen molar-refractivity contribution in [3.8, 4) is 0 Å². The lowest BCUT2D eigenvalue weighted by molar-refractivity contribution is -0.166. The van der Waals surface area contributed by atoms with Gasteiger partial charge in [0.25, 0.3) is 0 Å². The fraction of sp³-hybridized carbons (Fsp3) is 0.606. The summed E-state index contributed by atoms with van der Waals surface area (Å²) in [4.78, 5) is 20.5. The summed E-state index contributed by atoms with van der Waals surface area (Å²) in [6, 6.07) is 4.34. The topological polar surface area (TPSA) is 87.4 Å². The maximum Gasteiger partial charge on any atom is 0.340 e. The highest BCUT2D eigenvalue weighted by Gasteiger charge is 2.38. The number of nitrogens with zero attached hydrogens (tertiary/aromatic N) is 4. The van der Waals surface area contributed by atoms with Gasteiger partial charge in [-0.2, -0.15) is 9.61 Å². The van der Waals surface area contributed by atoms with Gasteiger partial charge >= 0.3 is 5.97 Å². The van der Waals surface area contributed by atoms with E-state index in [4.69, 9.17) is 29.0 Å². The molecule has 5 heterocycles. The van der Waals surface area contributed by atoms with Crippen LogP contribution < -0.4 is 4.90 Å². The minimum Gasteiger partial charge on any atom is -0.464 e. The van der Waals surface area contributed by atoms with E-state index < -0.39 is 29.3 Å². The molecule has 240 valence electrons. The first-order valence-corrected chi connectivity index (χ1v) is 15.5. The van der Waals surface area contributed by atoms with E-state index in [1.54, 1.807) is 11.4 Å². The van der Waals surface area contributed by atoms with Crippen LogP contribution in [0.2, 0.25) is 0 Å². The molecule has 1 aromatic carbocycles. The molecule has 6 rings (SSSR count). The predicted molar refractivity (Wildman–Crippen MR) is 162 cm³/mol. The van der Waals surface area contributed by atoms with E-state index in [9.17, 15) is 13.6 Å². The molecule has 1 fully saturated rings. The van der Waals surface area contributed by atoms with Crippen LogP contribution in [0.25, 0.3) is 5.65 Å². The van der Waals surface area contributed by atoms with Gasteiger partial charge in [-0.3, -0.25) is 0 Å². The summed E-state index contributed by atoms with van der Waals surface area (Å²) in [5.74, 6) is -1.50. The number of hydrogen-bond donors (Lipinski definition) is 0. The highest BCUT2D eigenvalue weighted by atomic mass is 19.2. The van der Waals surface area contributed by atoms with Gasteiger partial charge in [0.05, 0.1) is 42.3 Å². The first-order chi connectivity index (χ1) is 20.9. The molecular weight excluding hydrogens is 570 g/mol. The smallest absolute Gasteiger partial charge is 0.340 e.